The van der Waals surface area contributed by atoms with E-state index < -0.39 is 10.0 Å². The fourth-order valence-corrected chi connectivity index (χ4v) is 4.07. The molecule has 0 aromatic heterocycles. The molecule has 0 bridgehead atoms. The number of amides is 1. The molecule has 0 aliphatic carbocycles. The van der Waals surface area contributed by atoms with E-state index in [1.54, 1.807) is 11.8 Å². The summed E-state index contributed by atoms with van der Waals surface area (Å²) in [6, 6.07) is 6.02. The first-order chi connectivity index (χ1) is 11.8. The Labute approximate surface area is 150 Å². The number of para-hydroxylation sites is 1. The zero-order chi connectivity index (χ0) is 18.4. The van der Waals surface area contributed by atoms with E-state index in [1.807, 2.05) is 32.0 Å². The van der Waals surface area contributed by atoms with E-state index in [4.69, 9.17) is 4.74 Å². The summed E-state index contributed by atoms with van der Waals surface area (Å²) in [6.45, 7) is 7.88. The second-order valence-electron chi connectivity index (χ2n) is 6.35. The molecule has 1 aliphatic heterocycles. The fraction of sp³-hybridized carbons (Fsp3) is 0.611. The van der Waals surface area contributed by atoms with Crippen LogP contribution in [0.2, 0.25) is 0 Å². The standard InChI is InChI=1S/C18H28N2O4S/c1-4-25(22,23)20-12-10-19(11-13-20)17(21)9-6-14-24-18-15(2)7-5-8-16(18)3/h5,7-8H,4,6,9-14H2,1-3H3. The van der Waals surface area contributed by atoms with Crippen molar-refractivity contribution in [3.05, 3.63) is 29.3 Å². The molecule has 1 aromatic rings. The molecule has 0 radical (unpaired) electrons. The summed E-state index contributed by atoms with van der Waals surface area (Å²) in [7, 11) is -3.15. The SMILES string of the molecule is CCS(=O)(=O)N1CCN(C(=O)CCCOc2c(C)cccc2C)CC1. The number of piperazine rings is 1. The van der Waals surface area contributed by atoms with Crippen molar-refractivity contribution in [3.8, 4) is 5.75 Å². The predicted molar refractivity (Wildman–Crippen MR) is 98.3 cm³/mol. The van der Waals surface area contributed by atoms with Gasteiger partial charge in [0.05, 0.1) is 12.4 Å². The van der Waals surface area contributed by atoms with Gasteiger partial charge < -0.3 is 9.64 Å². The minimum absolute atomic E-state index is 0.0682. The highest BCUT2D eigenvalue weighted by Gasteiger charge is 2.27. The third-order valence-corrected chi connectivity index (χ3v) is 6.42. The van der Waals surface area contributed by atoms with Crippen LogP contribution in [0.3, 0.4) is 0 Å². The average molecular weight is 368 g/mol. The van der Waals surface area contributed by atoms with Crippen LogP contribution in [0.1, 0.15) is 30.9 Å². The summed E-state index contributed by atoms with van der Waals surface area (Å²) in [5, 5.41) is 0. The first-order valence-corrected chi connectivity index (χ1v) is 10.4. The number of aryl methyl sites for hydroxylation is 2. The van der Waals surface area contributed by atoms with Crippen molar-refractivity contribution in [1.29, 1.82) is 0 Å². The molecule has 1 aromatic carbocycles. The van der Waals surface area contributed by atoms with Crippen LogP contribution < -0.4 is 4.74 Å². The number of benzene rings is 1. The van der Waals surface area contributed by atoms with Gasteiger partial charge in [0.25, 0.3) is 0 Å². The monoisotopic (exact) mass is 368 g/mol. The Hall–Kier alpha value is -1.60. The van der Waals surface area contributed by atoms with Crippen LogP contribution in [0.25, 0.3) is 0 Å². The number of nitrogens with zero attached hydrogens (tertiary/aromatic N) is 2. The van der Waals surface area contributed by atoms with E-state index >= 15 is 0 Å². The number of carbonyl (C=O) groups excluding carboxylic acids is 1. The lowest BCUT2D eigenvalue weighted by atomic mass is 10.1. The van der Waals surface area contributed by atoms with E-state index in [0.29, 0.717) is 45.6 Å². The summed E-state index contributed by atoms with van der Waals surface area (Å²) in [4.78, 5) is 14.0. The van der Waals surface area contributed by atoms with Crippen molar-refractivity contribution in [3.63, 3.8) is 0 Å². The minimum atomic E-state index is -3.15. The lowest BCUT2D eigenvalue weighted by Crippen LogP contribution is -2.50. The van der Waals surface area contributed by atoms with Crippen LogP contribution in [0.4, 0.5) is 0 Å². The number of hydrogen-bond acceptors (Lipinski definition) is 4. The summed E-state index contributed by atoms with van der Waals surface area (Å²) in [5.74, 6) is 1.07. The molecule has 1 heterocycles. The molecule has 2 rings (SSSR count). The van der Waals surface area contributed by atoms with E-state index in [9.17, 15) is 13.2 Å². The lowest BCUT2D eigenvalue weighted by molar-refractivity contribution is -0.132. The highest BCUT2D eigenvalue weighted by molar-refractivity contribution is 7.89. The van der Waals surface area contributed by atoms with Gasteiger partial charge in [-0.25, -0.2) is 8.42 Å². The number of ether oxygens (including phenoxy) is 1. The highest BCUT2D eigenvalue weighted by atomic mass is 32.2. The van der Waals surface area contributed by atoms with E-state index in [1.165, 1.54) is 4.31 Å². The minimum Gasteiger partial charge on any atom is -0.493 e. The smallest absolute Gasteiger partial charge is 0.222 e. The number of sulfonamides is 1. The molecule has 25 heavy (non-hydrogen) atoms. The molecular weight excluding hydrogens is 340 g/mol. The van der Waals surface area contributed by atoms with Crippen LogP contribution in [0, 0.1) is 13.8 Å². The van der Waals surface area contributed by atoms with Crippen molar-refractivity contribution >= 4 is 15.9 Å². The Bertz CT molecular complexity index is 675. The van der Waals surface area contributed by atoms with E-state index in [0.717, 1.165) is 16.9 Å². The summed E-state index contributed by atoms with van der Waals surface area (Å²) >= 11 is 0. The van der Waals surface area contributed by atoms with Gasteiger partial charge >= 0.3 is 0 Å². The molecule has 0 N–H and O–H groups in total. The molecule has 7 heteroatoms. The second kappa shape index (κ2) is 8.67. The van der Waals surface area contributed by atoms with Gasteiger partial charge in [0.15, 0.2) is 0 Å². The molecule has 0 atom stereocenters. The van der Waals surface area contributed by atoms with Gasteiger partial charge in [-0.1, -0.05) is 18.2 Å². The van der Waals surface area contributed by atoms with Crippen molar-refractivity contribution < 1.29 is 17.9 Å². The first-order valence-electron chi connectivity index (χ1n) is 8.79. The van der Waals surface area contributed by atoms with Gasteiger partial charge in [-0.15, -0.1) is 0 Å². The zero-order valence-electron chi connectivity index (χ0n) is 15.3. The molecule has 0 saturated carbocycles. The molecule has 140 valence electrons. The number of carbonyl (C=O) groups is 1. The van der Waals surface area contributed by atoms with Gasteiger partial charge in [0.1, 0.15) is 5.75 Å². The second-order valence-corrected chi connectivity index (χ2v) is 8.61. The highest BCUT2D eigenvalue weighted by Crippen LogP contribution is 2.22. The summed E-state index contributed by atoms with van der Waals surface area (Å²) in [5.41, 5.74) is 2.19. The Balaban J connectivity index is 1.73. The molecule has 1 amide bonds. The maximum Gasteiger partial charge on any atom is 0.222 e. The maximum atomic E-state index is 12.3. The third kappa shape index (κ3) is 5.19. The third-order valence-electron chi connectivity index (χ3n) is 4.54. The van der Waals surface area contributed by atoms with Gasteiger partial charge in [0, 0.05) is 32.6 Å². The topological polar surface area (TPSA) is 66.9 Å². The molecule has 0 spiro atoms. The van der Waals surface area contributed by atoms with Crippen LogP contribution in [0.5, 0.6) is 5.75 Å². The lowest BCUT2D eigenvalue weighted by Gasteiger charge is -2.33. The number of rotatable bonds is 7. The predicted octanol–water partition coefficient (Wildman–Crippen LogP) is 1.96. The zero-order valence-corrected chi connectivity index (χ0v) is 16.1. The molecular formula is C18H28N2O4S. The largest absolute Gasteiger partial charge is 0.493 e. The maximum absolute atomic E-state index is 12.3. The van der Waals surface area contributed by atoms with Gasteiger partial charge in [0.2, 0.25) is 15.9 Å². The van der Waals surface area contributed by atoms with Gasteiger partial charge in [-0.05, 0) is 38.3 Å². The van der Waals surface area contributed by atoms with Crippen molar-refractivity contribution in [2.45, 2.75) is 33.6 Å². The van der Waals surface area contributed by atoms with Crippen LogP contribution in [-0.4, -0.2) is 62.1 Å². The quantitative estimate of drug-likeness (QED) is 0.690. The van der Waals surface area contributed by atoms with Crippen molar-refractivity contribution in [1.82, 2.24) is 9.21 Å². The van der Waals surface area contributed by atoms with Gasteiger partial charge in [-0.2, -0.15) is 4.31 Å². The van der Waals surface area contributed by atoms with Crippen LogP contribution in [0.15, 0.2) is 18.2 Å². The van der Waals surface area contributed by atoms with Crippen LogP contribution >= 0.6 is 0 Å². The molecule has 1 saturated heterocycles. The van der Waals surface area contributed by atoms with Gasteiger partial charge in [-0.3, -0.25) is 4.79 Å². The van der Waals surface area contributed by atoms with E-state index in [2.05, 4.69) is 0 Å². The first kappa shape index (κ1) is 19.7. The van der Waals surface area contributed by atoms with Crippen LogP contribution in [-0.2, 0) is 14.8 Å². The fourth-order valence-electron chi connectivity index (χ4n) is 2.98. The Kier molecular flexibility index (Phi) is 6.84. The normalized spacial score (nSPS) is 16.0. The van der Waals surface area contributed by atoms with E-state index in [-0.39, 0.29) is 11.7 Å². The molecule has 1 fully saturated rings. The van der Waals surface area contributed by atoms with Crippen molar-refractivity contribution in [2.24, 2.45) is 0 Å². The molecule has 6 nitrogen and oxygen atoms in total. The van der Waals surface area contributed by atoms with Crippen molar-refractivity contribution in [2.75, 3.05) is 38.5 Å². The summed E-state index contributed by atoms with van der Waals surface area (Å²) in [6.07, 6.45) is 1.07. The molecule has 1 aliphatic rings. The Morgan fingerprint density at radius 3 is 2.28 bits per heavy atom. The summed E-state index contributed by atoms with van der Waals surface area (Å²) < 4.78 is 31.0. The average Bonchev–Trinajstić information content (AvgIpc) is 2.60. The molecule has 0 unspecified atom stereocenters. The Morgan fingerprint density at radius 2 is 1.72 bits per heavy atom. The Morgan fingerprint density at radius 1 is 1.12 bits per heavy atom. The number of hydrogen-bond donors (Lipinski definition) is 0.